The van der Waals surface area contributed by atoms with E-state index in [0.29, 0.717) is 37.8 Å². The Kier molecular flexibility index (Phi) is 15.1. The van der Waals surface area contributed by atoms with Crippen LogP contribution in [0.2, 0.25) is 20.1 Å². The molecule has 3 heterocycles. The van der Waals surface area contributed by atoms with E-state index in [4.69, 9.17) is 50.8 Å². The van der Waals surface area contributed by atoms with E-state index in [-0.39, 0.29) is 84.7 Å². The number of benzene rings is 4. The smallest absolute Gasteiger partial charge is 0.251 e. The van der Waals surface area contributed by atoms with Gasteiger partial charge in [0, 0.05) is 55.1 Å². The van der Waals surface area contributed by atoms with Gasteiger partial charge < -0.3 is 25.2 Å². The van der Waals surface area contributed by atoms with Crippen molar-refractivity contribution in [2.75, 3.05) is 6.54 Å². The molecular weight excluding hydrogens is 914 g/mol. The highest BCUT2D eigenvalue weighted by atomic mass is 35.5. The molecule has 2 aliphatic carbocycles. The van der Waals surface area contributed by atoms with Crippen molar-refractivity contribution in [2.45, 2.75) is 109 Å². The van der Waals surface area contributed by atoms with Gasteiger partial charge in [-0.1, -0.05) is 104 Å². The Bertz CT molecular complexity index is 2550. The van der Waals surface area contributed by atoms with Crippen LogP contribution in [0, 0.1) is 22.7 Å². The Hall–Kier alpha value is -4.67. The molecule has 348 valence electrons. The van der Waals surface area contributed by atoms with Gasteiger partial charge in [-0.3, -0.25) is 14.4 Å². The lowest BCUT2D eigenvalue weighted by Gasteiger charge is -2.47. The maximum atomic E-state index is 13.1. The van der Waals surface area contributed by atoms with Gasteiger partial charge in [0.1, 0.15) is 12.5 Å². The molecular formula is C53H58Cl4N4O5. The van der Waals surface area contributed by atoms with Gasteiger partial charge in [-0.2, -0.15) is 0 Å². The Balaban J connectivity index is 0.000000193. The van der Waals surface area contributed by atoms with Crippen molar-refractivity contribution < 1.29 is 23.6 Å². The van der Waals surface area contributed by atoms with Crippen LogP contribution in [0.25, 0.3) is 11.5 Å². The average Bonchev–Trinajstić information content (AvgIpc) is 4.01. The molecule has 1 aromatic heterocycles. The molecule has 3 amide bonds. The molecule has 9 rings (SSSR count). The predicted octanol–water partition coefficient (Wildman–Crippen LogP) is 12.6. The Labute approximate surface area is 408 Å². The number of nitrogens with zero attached hydrogens (tertiary/aromatic N) is 1. The van der Waals surface area contributed by atoms with Crippen LogP contribution in [0.15, 0.2) is 102 Å². The fourth-order valence-electron chi connectivity index (χ4n) is 12.3. The fraction of sp³-hybridized carbons (Fsp3) is 0.415. The number of oxazole rings is 1. The van der Waals surface area contributed by atoms with Gasteiger partial charge in [0.15, 0.2) is 0 Å². The normalized spacial score (nSPS) is 28.7. The summed E-state index contributed by atoms with van der Waals surface area (Å²) in [5, 5.41) is 11.6. The number of rotatable bonds is 10. The summed E-state index contributed by atoms with van der Waals surface area (Å²) in [4.78, 5) is 53.3. The van der Waals surface area contributed by atoms with Crippen LogP contribution < -0.4 is 16.0 Å². The topological polar surface area (TPSA) is 130 Å². The molecule has 2 saturated heterocycles. The van der Waals surface area contributed by atoms with E-state index in [1.165, 1.54) is 5.56 Å². The maximum absolute atomic E-state index is 13.1. The lowest BCUT2D eigenvalue weighted by Crippen LogP contribution is -2.43. The lowest BCUT2D eigenvalue weighted by molar-refractivity contribution is -0.132. The monoisotopic (exact) mass is 970 g/mol. The zero-order chi connectivity index (χ0) is 46.2. The predicted molar refractivity (Wildman–Crippen MR) is 264 cm³/mol. The van der Waals surface area contributed by atoms with E-state index in [1.54, 1.807) is 24.6 Å². The molecule has 3 N–H and O–H groups in total. The van der Waals surface area contributed by atoms with E-state index < -0.39 is 5.41 Å². The summed E-state index contributed by atoms with van der Waals surface area (Å²) in [5.74, 6) is 1.36. The lowest BCUT2D eigenvalue weighted by atomic mass is 9.54. The molecule has 66 heavy (non-hydrogen) atoms. The SMILES string of the molecule is C.CC[C@@]12CC[C@@H](c3ccc(-c4ncco4)cc3Cl)[C@H](c3ccc(Cl)cc3)[C@@H]1[C@@H](C)NC2=O.CC[C@@]12CC[C@@H](c3ccc(C(=O)NCC=O)cc3Cl)[C@H](c3ccc(Cl)cc3)[C@@H]1[C@@H](C)NC2=O. The number of hydrogen-bond donors (Lipinski definition) is 3. The second-order valence-electron chi connectivity index (χ2n) is 18.2. The highest BCUT2D eigenvalue weighted by molar-refractivity contribution is 6.32. The van der Waals surface area contributed by atoms with Crippen molar-refractivity contribution in [1.29, 1.82) is 0 Å². The van der Waals surface area contributed by atoms with Crippen molar-refractivity contribution in [2.24, 2.45) is 22.7 Å². The number of carbonyl (C=O) groups excluding carboxylic acids is 4. The number of aromatic nitrogens is 1. The fourth-order valence-corrected chi connectivity index (χ4v) is 13.2. The minimum atomic E-state index is -0.401. The maximum Gasteiger partial charge on any atom is 0.251 e. The molecule has 2 saturated carbocycles. The van der Waals surface area contributed by atoms with Gasteiger partial charge in [-0.25, -0.2) is 4.98 Å². The van der Waals surface area contributed by atoms with Crippen LogP contribution in [-0.2, 0) is 14.4 Å². The highest BCUT2D eigenvalue weighted by Crippen LogP contribution is 2.62. The second-order valence-corrected chi connectivity index (χ2v) is 19.9. The van der Waals surface area contributed by atoms with E-state index in [1.807, 2.05) is 42.5 Å². The average molecular weight is 973 g/mol. The minimum absolute atomic E-state index is 0. The highest BCUT2D eigenvalue weighted by Gasteiger charge is 2.60. The zero-order valence-electron chi connectivity index (χ0n) is 36.9. The van der Waals surface area contributed by atoms with Crippen LogP contribution in [0.5, 0.6) is 0 Å². The number of fused-ring (bicyclic) bond motifs is 2. The zero-order valence-corrected chi connectivity index (χ0v) is 39.9. The molecule has 0 bridgehead atoms. The first-order chi connectivity index (χ1) is 31.3. The number of amides is 3. The third-order valence-corrected chi connectivity index (χ3v) is 16.4. The van der Waals surface area contributed by atoms with Gasteiger partial charge in [0.25, 0.3) is 5.91 Å². The van der Waals surface area contributed by atoms with Gasteiger partial charge in [0.05, 0.1) is 23.6 Å². The van der Waals surface area contributed by atoms with Crippen molar-refractivity contribution in [3.63, 3.8) is 0 Å². The quantitative estimate of drug-likeness (QED) is 0.120. The minimum Gasteiger partial charge on any atom is -0.445 e. The van der Waals surface area contributed by atoms with Crippen LogP contribution in [0.3, 0.4) is 0 Å². The first-order valence-electron chi connectivity index (χ1n) is 22.6. The Morgan fingerprint density at radius 3 is 1.65 bits per heavy atom. The summed E-state index contributed by atoms with van der Waals surface area (Å²) in [6.45, 7) is 8.43. The van der Waals surface area contributed by atoms with Gasteiger partial charge >= 0.3 is 0 Å². The standard InChI is InChI=1S/C26H28Cl2N2O3.C26H26Cl2N2O2.CH4/c1-3-26-11-10-20(19-9-6-17(14-21(19)28)24(32)29-12-13-31)22(16-4-7-18(27)8-5-16)23(26)15(2)30-25(26)33;1-3-26-11-10-20(19-9-6-17(14-21(19)28)24-29-12-13-32-24)22(16-4-7-18(27)8-5-16)23(26)15(2)30-25(26)31;/h4-9,13-15,20,22-23H,3,10-12H2,1-2H3,(H,29,32)(H,30,33);4-9,12-15,20,22-23H,3,10-11H2,1-2H3,(H,30,31);1H4/t2*15-,20+,22+,23+,26-;/m11./s1. The van der Waals surface area contributed by atoms with Crippen molar-refractivity contribution in [3.8, 4) is 11.5 Å². The molecule has 2 aliphatic heterocycles. The molecule has 5 aromatic rings. The molecule has 4 aromatic carbocycles. The van der Waals surface area contributed by atoms with Gasteiger partial charge in [0.2, 0.25) is 17.7 Å². The molecule has 4 fully saturated rings. The molecule has 10 atom stereocenters. The van der Waals surface area contributed by atoms with E-state index in [2.05, 4.69) is 79.0 Å². The number of aldehydes is 1. The van der Waals surface area contributed by atoms with E-state index in [0.717, 1.165) is 60.8 Å². The number of nitrogens with one attached hydrogen (secondary N) is 3. The molecule has 0 radical (unpaired) electrons. The van der Waals surface area contributed by atoms with Crippen LogP contribution in [0.1, 0.15) is 130 Å². The summed E-state index contributed by atoms with van der Waals surface area (Å²) in [6, 6.07) is 27.5. The largest absolute Gasteiger partial charge is 0.445 e. The third-order valence-electron chi connectivity index (χ3n) is 15.3. The van der Waals surface area contributed by atoms with Crippen molar-refractivity contribution >= 4 is 70.4 Å². The van der Waals surface area contributed by atoms with Gasteiger partial charge in [-0.05, 0) is 147 Å². The van der Waals surface area contributed by atoms with E-state index in [9.17, 15) is 19.2 Å². The Morgan fingerprint density at radius 1 is 0.742 bits per heavy atom. The molecule has 9 nitrogen and oxygen atoms in total. The number of halogens is 4. The second kappa shape index (κ2) is 20.3. The number of carbonyl (C=O) groups is 4. The van der Waals surface area contributed by atoms with Crippen molar-refractivity contribution in [1.82, 2.24) is 20.9 Å². The molecule has 0 spiro atoms. The van der Waals surface area contributed by atoms with Gasteiger partial charge in [-0.15, -0.1) is 0 Å². The molecule has 4 aliphatic rings. The van der Waals surface area contributed by atoms with Crippen LogP contribution in [-0.4, -0.2) is 47.6 Å². The summed E-state index contributed by atoms with van der Waals surface area (Å²) in [7, 11) is 0. The van der Waals surface area contributed by atoms with Crippen LogP contribution >= 0.6 is 46.4 Å². The van der Waals surface area contributed by atoms with Crippen LogP contribution in [0.4, 0.5) is 0 Å². The summed E-state index contributed by atoms with van der Waals surface area (Å²) >= 11 is 26.0. The van der Waals surface area contributed by atoms with Crippen molar-refractivity contribution in [3.05, 3.63) is 145 Å². The molecule has 13 heteroatoms. The first-order valence-corrected chi connectivity index (χ1v) is 24.1. The third kappa shape index (κ3) is 8.93. The Morgan fingerprint density at radius 2 is 1.23 bits per heavy atom. The summed E-state index contributed by atoms with van der Waals surface area (Å²) < 4.78 is 5.44. The first kappa shape index (κ1) is 49.2. The summed E-state index contributed by atoms with van der Waals surface area (Å²) in [6.07, 6.45) is 8.81. The summed E-state index contributed by atoms with van der Waals surface area (Å²) in [5.41, 5.74) is 4.96. The van der Waals surface area contributed by atoms with E-state index >= 15 is 0 Å². The molecule has 0 unspecified atom stereocenters. The number of hydrogen-bond acceptors (Lipinski definition) is 6.